The molecule has 0 radical (unpaired) electrons. The Morgan fingerprint density at radius 3 is 2.36 bits per heavy atom. The van der Waals surface area contributed by atoms with E-state index in [9.17, 15) is 13.2 Å². The number of hydrogen-bond donors (Lipinski definition) is 0. The summed E-state index contributed by atoms with van der Waals surface area (Å²) in [5, 5.41) is 3.17. The standard InChI is InChI=1S/C22H24F3NO2/c1-5-6-10-28-19-11-15(2)20(16(3)12-19)14-17-8-7-9-18(13-17)21(26-27-4)22(23,24)25/h5-9,11-13H,10,14H2,1-4H3/b6-5+,26-21-. The topological polar surface area (TPSA) is 30.8 Å². The zero-order valence-electron chi connectivity index (χ0n) is 16.4. The van der Waals surface area contributed by atoms with E-state index in [0.29, 0.717) is 13.0 Å². The van der Waals surface area contributed by atoms with E-state index in [1.165, 1.54) is 12.1 Å². The number of ether oxygens (including phenoxy) is 1. The maximum absolute atomic E-state index is 13.2. The molecule has 0 aliphatic heterocycles. The van der Waals surface area contributed by atoms with Crippen LogP contribution in [0.3, 0.4) is 0 Å². The number of benzene rings is 2. The van der Waals surface area contributed by atoms with Gasteiger partial charge in [0.25, 0.3) is 0 Å². The summed E-state index contributed by atoms with van der Waals surface area (Å²) in [7, 11) is 1.10. The van der Waals surface area contributed by atoms with E-state index >= 15 is 0 Å². The number of hydrogen-bond acceptors (Lipinski definition) is 3. The lowest BCUT2D eigenvalue weighted by molar-refractivity contribution is -0.0607. The fourth-order valence-electron chi connectivity index (χ4n) is 2.95. The molecule has 0 fully saturated rings. The second-order valence-corrected chi connectivity index (χ2v) is 6.41. The second kappa shape index (κ2) is 9.44. The van der Waals surface area contributed by atoms with Gasteiger partial charge in [0.1, 0.15) is 19.5 Å². The molecule has 0 spiro atoms. The van der Waals surface area contributed by atoms with Crippen LogP contribution in [0.5, 0.6) is 5.75 Å². The monoisotopic (exact) mass is 391 g/mol. The van der Waals surface area contributed by atoms with Gasteiger partial charge in [-0.05, 0) is 67.6 Å². The van der Waals surface area contributed by atoms with E-state index in [1.807, 2.05) is 45.1 Å². The molecule has 0 amide bonds. The third-order valence-electron chi connectivity index (χ3n) is 4.28. The Bertz CT molecular complexity index is 847. The number of allylic oxidation sites excluding steroid dienone is 1. The fourth-order valence-corrected chi connectivity index (χ4v) is 2.95. The van der Waals surface area contributed by atoms with Crippen molar-refractivity contribution in [2.24, 2.45) is 5.16 Å². The molecule has 0 aromatic heterocycles. The summed E-state index contributed by atoms with van der Waals surface area (Å²) in [4.78, 5) is 4.38. The first-order chi connectivity index (χ1) is 13.3. The maximum atomic E-state index is 13.2. The molecule has 0 aliphatic carbocycles. The highest BCUT2D eigenvalue weighted by Gasteiger charge is 2.37. The summed E-state index contributed by atoms with van der Waals surface area (Å²) in [5.74, 6) is 0.775. The molecular weight excluding hydrogens is 367 g/mol. The van der Waals surface area contributed by atoms with Gasteiger partial charge in [-0.15, -0.1) is 0 Å². The number of aryl methyl sites for hydroxylation is 2. The number of nitrogens with zero attached hydrogens (tertiary/aromatic N) is 1. The molecule has 2 aromatic carbocycles. The van der Waals surface area contributed by atoms with Crippen LogP contribution in [0, 0.1) is 13.8 Å². The molecule has 0 unspecified atom stereocenters. The van der Waals surface area contributed by atoms with Crippen LogP contribution < -0.4 is 4.74 Å². The van der Waals surface area contributed by atoms with E-state index in [4.69, 9.17) is 4.74 Å². The van der Waals surface area contributed by atoms with Crippen molar-refractivity contribution in [2.45, 2.75) is 33.4 Å². The van der Waals surface area contributed by atoms with E-state index in [2.05, 4.69) is 9.99 Å². The predicted octanol–water partition coefficient (Wildman–Crippen LogP) is 5.76. The van der Waals surface area contributed by atoms with Crippen molar-refractivity contribution >= 4 is 5.71 Å². The van der Waals surface area contributed by atoms with Gasteiger partial charge < -0.3 is 9.57 Å². The Balaban J connectivity index is 2.30. The molecule has 0 saturated heterocycles. The van der Waals surface area contributed by atoms with Gasteiger partial charge in [0.15, 0.2) is 5.71 Å². The van der Waals surface area contributed by atoms with Crippen LogP contribution in [0.1, 0.15) is 34.7 Å². The zero-order chi connectivity index (χ0) is 20.7. The fraction of sp³-hybridized carbons (Fsp3) is 0.318. The van der Waals surface area contributed by atoms with Crippen LogP contribution in [0.15, 0.2) is 53.7 Å². The number of halogens is 3. The molecule has 28 heavy (non-hydrogen) atoms. The van der Waals surface area contributed by atoms with Gasteiger partial charge in [-0.3, -0.25) is 0 Å². The Morgan fingerprint density at radius 1 is 1.11 bits per heavy atom. The summed E-state index contributed by atoms with van der Waals surface area (Å²) in [6.45, 7) is 6.37. The maximum Gasteiger partial charge on any atom is 0.437 e. The average Bonchev–Trinajstić information content (AvgIpc) is 2.62. The molecule has 0 saturated carbocycles. The third-order valence-corrected chi connectivity index (χ3v) is 4.28. The number of alkyl halides is 3. The highest BCUT2D eigenvalue weighted by atomic mass is 19.4. The molecule has 0 heterocycles. The Hall–Kier alpha value is -2.76. The van der Waals surface area contributed by atoms with Crippen LogP contribution >= 0.6 is 0 Å². The lowest BCUT2D eigenvalue weighted by atomic mass is 9.94. The molecule has 0 atom stereocenters. The minimum Gasteiger partial charge on any atom is -0.490 e. The molecule has 2 rings (SSSR count). The minimum atomic E-state index is -4.59. The van der Waals surface area contributed by atoms with Crippen molar-refractivity contribution in [1.29, 1.82) is 0 Å². The highest BCUT2D eigenvalue weighted by Crippen LogP contribution is 2.27. The van der Waals surface area contributed by atoms with Gasteiger partial charge in [-0.25, -0.2) is 0 Å². The molecule has 150 valence electrons. The first kappa shape index (κ1) is 21.5. The van der Waals surface area contributed by atoms with Gasteiger partial charge in [0.2, 0.25) is 0 Å². The molecule has 2 aromatic rings. The first-order valence-electron chi connectivity index (χ1n) is 8.88. The normalized spacial score (nSPS) is 12.5. The molecule has 0 N–H and O–H groups in total. The van der Waals surface area contributed by atoms with Gasteiger partial charge in [-0.2, -0.15) is 13.2 Å². The summed E-state index contributed by atoms with van der Waals surface area (Å²) < 4.78 is 45.4. The van der Waals surface area contributed by atoms with E-state index < -0.39 is 11.9 Å². The van der Waals surface area contributed by atoms with Crippen molar-refractivity contribution in [3.8, 4) is 5.75 Å². The Kier molecular flexibility index (Phi) is 7.26. The summed E-state index contributed by atoms with van der Waals surface area (Å²) >= 11 is 0. The summed E-state index contributed by atoms with van der Waals surface area (Å²) in [6.07, 6.45) is -0.238. The van der Waals surface area contributed by atoms with E-state index in [-0.39, 0.29) is 5.56 Å². The molecule has 0 bridgehead atoms. The van der Waals surface area contributed by atoms with Crippen LogP contribution in [0.25, 0.3) is 0 Å². The van der Waals surface area contributed by atoms with Gasteiger partial charge in [0, 0.05) is 5.56 Å². The van der Waals surface area contributed by atoms with Crippen LogP contribution in [0.2, 0.25) is 0 Å². The second-order valence-electron chi connectivity index (χ2n) is 6.41. The van der Waals surface area contributed by atoms with Crippen molar-refractivity contribution in [3.05, 3.63) is 76.4 Å². The quantitative estimate of drug-likeness (QED) is 0.341. The van der Waals surface area contributed by atoms with Crippen LogP contribution in [-0.4, -0.2) is 25.6 Å². The Morgan fingerprint density at radius 2 is 1.79 bits per heavy atom. The third kappa shape index (κ3) is 5.62. The van der Waals surface area contributed by atoms with Crippen molar-refractivity contribution in [3.63, 3.8) is 0 Å². The number of rotatable bonds is 7. The summed E-state index contributed by atoms with van der Waals surface area (Å²) in [6, 6.07) is 10.2. The molecule has 0 aliphatic rings. The average molecular weight is 391 g/mol. The highest BCUT2D eigenvalue weighted by molar-refractivity contribution is 6.04. The van der Waals surface area contributed by atoms with Crippen molar-refractivity contribution < 1.29 is 22.7 Å². The van der Waals surface area contributed by atoms with Crippen molar-refractivity contribution in [1.82, 2.24) is 0 Å². The molecular formula is C22H24F3NO2. The predicted molar refractivity (Wildman–Crippen MR) is 105 cm³/mol. The first-order valence-corrected chi connectivity index (χ1v) is 8.88. The SMILES string of the molecule is C/C=C/COc1cc(C)c(Cc2cccc(/C(=N/OC)C(F)(F)F)c2)c(C)c1. The largest absolute Gasteiger partial charge is 0.490 e. The van der Waals surface area contributed by atoms with Crippen LogP contribution in [0.4, 0.5) is 13.2 Å². The Labute approximate surface area is 163 Å². The minimum absolute atomic E-state index is 0.0199. The van der Waals surface area contributed by atoms with Crippen molar-refractivity contribution in [2.75, 3.05) is 13.7 Å². The lowest BCUT2D eigenvalue weighted by Gasteiger charge is -2.15. The van der Waals surface area contributed by atoms with E-state index in [0.717, 1.165) is 35.1 Å². The van der Waals surface area contributed by atoms with Gasteiger partial charge in [-0.1, -0.05) is 35.5 Å². The lowest BCUT2D eigenvalue weighted by Crippen LogP contribution is -2.24. The molecule has 6 heteroatoms. The molecule has 3 nitrogen and oxygen atoms in total. The van der Waals surface area contributed by atoms with Crippen LogP contribution in [-0.2, 0) is 11.3 Å². The van der Waals surface area contributed by atoms with Gasteiger partial charge in [0.05, 0.1) is 0 Å². The number of oxime groups is 1. The smallest absolute Gasteiger partial charge is 0.437 e. The zero-order valence-corrected chi connectivity index (χ0v) is 16.4. The van der Waals surface area contributed by atoms with E-state index in [1.54, 1.807) is 12.1 Å². The van der Waals surface area contributed by atoms with Gasteiger partial charge >= 0.3 is 6.18 Å². The summed E-state index contributed by atoms with van der Waals surface area (Å²) in [5.41, 5.74) is 2.82.